The molecule has 0 saturated heterocycles. The van der Waals surface area contributed by atoms with Crippen molar-refractivity contribution in [2.75, 3.05) is 6.61 Å². The molecule has 0 aliphatic rings. The number of hydrogen-bond acceptors (Lipinski definition) is 4. The number of ether oxygens (including phenoxy) is 1. The van der Waals surface area contributed by atoms with Gasteiger partial charge in [0, 0.05) is 10.9 Å². The van der Waals surface area contributed by atoms with Crippen molar-refractivity contribution in [3.8, 4) is 11.1 Å². The van der Waals surface area contributed by atoms with Gasteiger partial charge in [0.2, 0.25) is 0 Å². The van der Waals surface area contributed by atoms with Crippen molar-refractivity contribution in [1.82, 2.24) is 0 Å². The van der Waals surface area contributed by atoms with E-state index < -0.39 is 5.97 Å². The molecule has 0 amide bonds. The van der Waals surface area contributed by atoms with Gasteiger partial charge in [-0.3, -0.25) is 4.79 Å². The predicted molar refractivity (Wildman–Crippen MR) is 93.7 cm³/mol. The molecule has 25 heavy (non-hydrogen) atoms. The number of aryl methyl sites for hydroxylation is 1. The largest absolute Gasteiger partial charge is 0.478 e. The lowest BCUT2D eigenvalue weighted by Gasteiger charge is -2.08. The number of carbonyl (C=O) groups excluding carboxylic acids is 1. The van der Waals surface area contributed by atoms with Crippen LogP contribution in [0, 0.1) is 6.92 Å². The standard InChI is InChI=1S/C20H18O5/c1-3-24-19(21)10-15-11-25-18-7-5-13(9-17(15)18)16-6-4-14(20(22)23)8-12(16)2/h4-9,11H,3,10H2,1-2H3,(H,22,23). The summed E-state index contributed by atoms with van der Waals surface area (Å²) in [7, 11) is 0. The summed E-state index contributed by atoms with van der Waals surface area (Å²) in [6, 6.07) is 10.8. The Morgan fingerprint density at radius 1 is 1.16 bits per heavy atom. The SMILES string of the molecule is CCOC(=O)Cc1coc2ccc(-c3ccc(C(=O)O)cc3C)cc12. The number of fused-ring (bicyclic) bond motifs is 1. The normalized spacial score (nSPS) is 10.8. The van der Waals surface area contributed by atoms with E-state index in [1.54, 1.807) is 31.4 Å². The molecule has 0 bridgehead atoms. The quantitative estimate of drug-likeness (QED) is 0.705. The van der Waals surface area contributed by atoms with Crippen LogP contribution < -0.4 is 0 Å². The Bertz CT molecular complexity index is 952. The van der Waals surface area contributed by atoms with E-state index >= 15 is 0 Å². The zero-order valence-corrected chi connectivity index (χ0v) is 14.0. The molecule has 1 heterocycles. The van der Waals surface area contributed by atoms with Crippen molar-refractivity contribution in [3.05, 3.63) is 59.4 Å². The molecule has 0 radical (unpaired) electrons. The molecule has 0 aliphatic carbocycles. The number of furan rings is 1. The van der Waals surface area contributed by atoms with Crippen LogP contribution in [0.4, 0.5) is 0 Å². The van der Waals surface area contributed by atoms with Crippen LogP contribution in [0.5, 0.6) is 0 Å². The zero-order valence-electron chi connectivity index (χ0n) is 14.0. The van der Waals surface area contributed by atoms with Crippen molar-refractivity contribution in [2.24, 2.45) is 0 Å². The summed E-state index contributed by atoms with van der Waals surface area (Å²) >= 11 is 0. The highest BCUT2D eigenvalue weighted by molar-refractivity contribution is 5.91. The molecular weight excluding hydrogens is 320 g/mol. The Morgan fingerprint density at radius 3 is 2.64 bits per heavy atom. The molecule has 128 valence electrons. The van der Waals surface area contributed by atoms with Crippen molar-refractivity contribution < 1.29 is 23.8 Å². The maximum atomic E-state index is 11.7. The maximum Gasteiger partial charge on any atom is 0.335 e. The second-order valence-electron chi connectivity index (χ2n) is 5.79. The fourth-order valence-corrected chi connectivity index (χ4v) is 2.87. The average molecular weight is 338 g/mol. The number of carbonyl (C=O) groups is 2. The van der Waals surface area contributed by atoms with Crippen molar-refractivity contribution in [1.29, 1.82) is 0 Å². The second-order valence-corrected chi connectivity index (χ2v) is 5.79. The van der Waals surface area contributed by atoms with Crippen LogP contribution in [-0.4, -0.2) is 23.7 Å². The van der Waals surface area contributed by atoms with E-state index in [0.717, 1.165) is 27.6 Å². The molecule has 2 aromatic carbocycles. The van der Waals surface area contributed by atoms with Crippen LogP contribution in [0.15, 0.2) is 47.1 Å². The van der Waals surface area contributed by atoms with E-state index in [2.05, 4.69) is 0 Å². The minimum absolute atomic E-state index is 0.154. The van der Waals surface area contributed by atoms with Gasteiger partial charge in [0.15, 0.2) is 0 Å². The average Bonchev–Trinajstić information content (AvgIpc) is 2.97. The van der Waals surface area contributed by atoms with Gasteiger partial charge in [0.05, 0.1) is 24.9 Å². The molecule has 3 aromatic rings. The summed E-state index contributed by atoms with van der Waals surface area (Å²) in [4.78, 5) is 22.8. The molecule has 0 saturated carbocycles. The van der Waals surface area contributed by atoms with Crippen molar-refractivity contribution >= 4 is 22.9 Å². The van der Waals surface area contributed by atoms with Gasteiger partial charge in [0.25, 0.3) is 0 Å². The van der Waals surface area contributed by atoms with Crippen LogP contribution in [0.25, 0.3) is 22.1 Å². The first-order chi connectivity index (χ1) is 12.0. The highest BCUT2D eigenvalue weighted by Crippen LogP contribution is 2.30. The second kappa shape index (κ2) is 6.81. The smallest absolute Gasteiger partial charge is 0.335 e. The molecule has 5 nitrogen and oxygen atoms in total. The summed E-state index contributed by atoms with van der Waals surface area (Å²) in [5.74, 6) is -1.24. The highest BCUT2D eigenvalue weighted by atomic mass is 16.5. The van der Waals surface area contributed by atoms with Crippen LogP contribution >= 0.6 is 0 Å². The molecule has 0 aliphatic heterocycles. The first-order valence-corrected chi connectivity index (χ1v) is 7.99. The number of rotatable bonds is 5. The van der Waals surface area contributed by atoms with E-state index in [0.29, 0.717) is 12.2 Å². The van der Waals surface area contributed by atoms with Crippen LogP contribution in [-0.2, 0) is 16.0 Å². The predicted octanol–water partition coefficient (Wildman–Crippen LogP) is 4.21. The highest BCUT2D eigenvalue weighted by Gasteiger charge is 2.13. The van der Waals surface area contributed by atoms with E-state index in [4.69, 9.17) is 14.3 Å². The molecule has 3 rings (SSSR count). The van der Waals surface area contributed by atoms with Gasteiger partial charge >= 0.3 is 11.9 Å². The minimum atomic E-state index is -0.948. The van der Waals surface area contributed by atoms with Gasteiger partial charge in [-0.1, -0.05) is 12.1 Å². The number of aromatic carboxylic acids is 1. The van der Waals surface area contributed by atoms with Crippen LogP contribution in [0.3, 0.4) is 0 Å². The number of carboxylic acid groups (broad SMARTS) is 1. The fraction of sp³-hybridized carbons (Fsp3) is 0.200. The number of esters is 1. The van der Waals surface area contributed by atoms with E-state index in [1.807, 2.05) is 25.1 Å². The lowest BCUT2D eigenvalue weighted by Crippen LogP contribution is -2.06. The Balaban J connectivity index is 2.00. The molecule has 0 fully saturated rings. The van der Waals surface area contributed by atoms with Gasteiger partial charge in [-0.05, 0) is 54.8 Å². The third-order valence-electron chi connectivity index (χ3n) is 4.08. The summed E-state index contributed by atoms with van der Waals surface area (Å²) in [6.07, 6.45) is 1.73. The van der Waals surface area contributed by atoms with Gasteiger partial charge in [-0.2, -0.15) is 0 Å². The third kappa shape index (κ3) is 3.40. The topological polar surface area (TPSA) is 76.7 Å². The molecule has 0 spiro atoms. The van der Waals surface area contributed by atoms with Gasteiger partial charge in [-0.25, -0.2) is 4.79 Å². The van der Waals surface area contributed by atoms with Crippen molar-refractivity contribution in [3.63, 3.8) is 0 Å². The minimum Gasteiger partial charge on any atom is -0.478 e. The molecule has 1 aromatic heterocycles. The molecule has 0 atom stereocenters. The lowest BCUT2D eigenvalue weighted by molar-refractivity contribution is -0.142. The summed E-state index contributed by atoms with van der Waals surface area (Å²) < 4.78 is 10.5. The first kappa shape index (κ1) is 16.8. The zero-order chi connectivity index (χ0) is 18.0. The number of benzene rings is 2. The van der Waals surface area contributed by atoms with E-state index in [1.165, 1.54) is 0 Å². The monoisotopic (exact) mass is 338 g/mol. The van der Waals surface area contributed by atoms with Crippen molar-refractivity contribution in [2.45, 2.75) is 20.3 Å². The molecule has 1 N–H and O–H groups in total. The Kier molecular flexibility index (Phi) is 4.57. The summed E-state index contributed by atoms with van der Waals surface area (Å²) in [6.45, 7) is 3.99. The van der Waals surface area contributed by atoms with Crippen LogP contribution in [0.2, 0.25) is 0 Å². The summed E-state index contributed by atoms with van der Waals surface area (Å²) in [5.41, 5.74) is 4.48. The maximum absolute atomic E-state index is 11.7. The van der Waals surface area contributed by atoms with E-state index in [-0.39, 0.29) is 18.0 Å². The Hall–Kier alpha value is -3.08. The number of carboxylic acids is 1. The van der Waals surface area contributed by atoms with Crippen LogP contribution in [0.1, 0.15) is 28.4 Å². The Labute approximate surface area is 144 Å². The van der Waals surface area contributed by atoms with Gasteiger partial charge in [-0.15, -0.1) is 0 Å². The lowest BCUT2D eigenvalue weighted by atomic mass is 9.96. The fourth-order valence-electron chi connectivity index (χ4n) is 2.87. The first-order valence-electron chi connectivity index (χ1n) is 7.99. The summed E-state index contributed by atoms with van der Waals surface area (Å²) in [5, 5.41) is 9.95. The molecular formula is C20H18O5. The third-order valence-corrected chi connectivity index (χ3v) is 4.08. The molecule has 0 unspecified atom stereocenters. The number of hydrogen-bond donors (Lipinski definition) is 1. The van der Waals surface area contributed by atoms with Gasteiger partial charge < -0.3 is 14.3 Å². The van der Waals surface area contributed by atoms with Gasteiger partial charge in [0.1, 0.15) is 5.58 Å². The molecule has 5 heteroatoms. The Morgan fingerprint density at radius 2 is 1.96 bits per heavy atom. The van der Waals surface area contributed by atoms with E-state index in [9.17, 15) is 9.59 Å².